The van der Waals surface area contributed by atoms with Crippen molar-refractivity contribution in [2.24, 2.45) is 0 Å². The van der Waals surface area contributed by atoms with E-state index in [-0.39, 0.29) is 24.8 Å². The van der Waals surface area contributed by atoms with Gasteiger partial charge in [-0.2, -0.15) is 0 Å². The number of nitrogens with one attached hydrogen (secondary N) is 2. The summed E-state index contributed by atoms with van der Waals surface area (Å²) in [6.07, 6.45) is 1.73. The first-order chi connectivity index (χ1) is 11.6. The Labute approximate surface area is 147 Å². The molecule has 2 aromatic carbocycles. The van der Waals surface area contributed by atoms with E-state index in [1.54, 1.807) is 35.3 Å². The highest BCUT2D eigenvalue weighted by molar-refractivity contribution is 9.10. The van der Waals surface area contributed by atoms with Crippen LogP contribution in [0.4, 0.5) is 0 Å². The molecule has 6 nitrogen and oxygen atoms in total. The van der Waals surface area contributed by atoms with E-state index in [1.165, 1.54) is 0 Å². The van der Waals surface area contributed by atoms with Gasteiger partial charge < -0.3 is 5.32 Å². The Balaban J connectivity index is 1.51. The van der Waals surface area contributed by atoms with Crippen LogP contribution in [-0.2, 0) is 4.79 Å². The van der Waals surface area contributed by atoms with Gasteiger partial charge in [-0.15, -0.1) is 0 Å². The molecule has 0 aliphatic heterocycles. The van der Waals surface area contributed by atoms with Crippen LogP contribution in [0, 0.1) is 0 Å². The van der Waals surface area contributed by atoms with Crippen LogP contribution in [0.25, 0.3) is 11.0 Å². The molecule has 2 N–H and O–H groups in total. The SMILES string of the molecule is O=C(CCNC(=O)c1ccc(Br)cc1)Nn1cnc2ccccc21. The molecule has 24 heavy (non-hydrogen) atoms. The van der Waals surface area contributed by atoms with Crippen LogP contribution >= 0.6 is 15.9 Å². The summed E-state index contributed by atoms with van der Waals surface area (Å²) in [6, 6.07) is 14.5. The highest BCUT2D eigenvalue weighted by Gasteiger charge is 2.08. The lowest BCUT2D eigenvalue weighted by Gasteiger charge is -2.08. The maximum atomic E-state index is 12.0. The summed E-state index contributed by atoms with van der Waals surface area (Å²) in [6.45, 7) is 0.257. The number of amides is 2. The summed E-state index contributed by atoms with van der Waals surface area (Å²) >= 11 is 3.32. The Hall–Kier alpha value is -2.67. The normalized spacial score (nSPS) is 10.5. The minimum atomic E-state index is -0.205. The van der Waals surface area contributed by atoms with Gasteiger partial charge in [0.1, 0.15) is 6.33 Å². The largest absolute Gasteiger partial charge is 0.352 e. The number of fused-ring (bicyclic) bond motifs is 1. The van der Waals surface area contributed by atoms with Gasteiger partial charge in [0, 0.05) is 23.0 Å². The van der Waals surface area contributed by atoms with E-state index in [0.29, 0.717) is 5.56 Å². The third-order valence-corrected chi connectivity index (χ3v) is 3.97. The van der Waals surface area contributed by atoms with Gasteiger partial charge in [-0.25, -0.2) is 9.66 Å². The van der Waals surface area contributed by atoms with Crippen LogP contribution in [0.2, 0.25) is 0 Å². The summed E-state index contributed by atoms with van der Waals surface area (Å²) in [5.41, 5.74) is 4.93. The summed E-state index contributed by atoms with van der Waals surface area (Å²) in [4.78, 5) is 28.2. The van der Waals surface area contributed by atoms with Crippen LogP contribution in [0.15, 0.2) is 59.3 Å². The van der Waals surface area contributed by atoms with Crippen molar-refractivity contribution in [2.75, 3.05) is 12.0 Å². The molecule has 0 aliphatic rings. The lowest BCUT2D eigenvalue weighted by Crippen LogP contribution is -2.29. The molecule has 3 aromatic rings. The van der Waals surface area contributed by atoms with Gasteiger partial charge in [0.2, 0.25) is 5.91 Å². The zero-order chi connectivity index (χ0) is 16.9. The van der Waals surface area contributed by atoms with Crippen molar-refractivity contribution in [3.8, 4) is 0 Å². The highest BCUT2D eigenvalue weighted by Crippen LogP contribution is 2.11. The molecule has 0 aliphatic carbocycles. The average molecular weight is 387 g/mol. The van der Waals surface area contributed by atoms with E-state index in [2.05, 4.69) is 31.7 Å². The fourth-order valence-corrected chi connectivity index (χ4v) is 2.50. The van der Waals surface area contributed by atoms with E-state index in [1.807, 2.05) is 24.3 Å². The Morgan fingerprint density at radius 2 is 1.83 bits per heavy atom. The minimum absolute atomic E-state index is 0.175. The molecule has 0 spiro atoms. The molecule has 0 unspecified atom stereocenters. The van der Waals surface area contributed by atoms with Crippen molar-refractivity contribution >= 4 is 38.8 Å². The van der Waals surface area contributed by atoms with Crippen LogP contribution in [-0.4, -0.2) is 28.0 Å². The summed E-state index contributed by atoms with van der Waals surface area (Å²) in [5.74, 6) is -0.405. The van der Waals surface area contributed by atoms with Gasteiger partial charge in [0.15, 0.2) is 0 Å². The molecule has 0 atom stereocenters. The molecule has 0 radical (unpaired) electrons. The van der Waals surface area contributed by atoms with Gasteiger partial charge in [-0.1, -0.05) is 28.1 Å². The number of carbonyl (C=O) groups is 2. The average Bonchev–Trinajstić information content (AvgIpc) is 2.98. The van der Waals surface area contributed by atoms with Crippen LogP contribution in [0.3, 0.4) is 0 Å². The van der Waals surface area contributed by atoms with Gasteiger partial charge in [-0.3, -0.25) is 15.0 Å². The molecule has 0 saturated carbocycles. The predicted molar refractivity (Wildman–Crippen MR) is 95.2 cm³/mol. The molecule has 2 amide bonds. The summed E-state index contributed by atoms with van der Waals surface area (Å²) in [5, 5.41) is 2.73. The summed E-state index contributed by atoms with van der Waals surface area (Å²) in [7, 11) is 0. The fraction of sp³-hybridized carbons (Fsp3) is 0.118. The van der Waals surface area contributed by atoms with Crippen LogP contribution in [0.1, 0.15) is 16.8 Å². The van der Waals surface area contributed by atoms with E-state index in [0.717, 1.165) is 15.5 Å². The lowest BCUT2D eigenvalue weighted by atomic mass is 10.2. The minimum Gasteiger partial charge on any atom is -0.352 e. The molecule has 0 bridgehead atoms. The number of hydrogen-bond donors (Lipinski definition) is 2. The Morgan fingerprint density at radius 3 is 2.62 bits per heavy atom. The second kappa shape index (κ2) is 7.27. The predicted octanol–water partition coefficient (Wildman–Crippen LogP) is 2.69. The van der Waals surface area contributed by atoms with Gasteiger partial charge in [0.25, 0.3) is 5.91 Å². The Morgan fingerprint density at radius 1 is 1.08 bits per heavy atom. The molecular formula is C17H15BrN4O2. The second-order valence-corrected chi connectivity index (χ2v) is 6.07. The number of rotatable bonds is 5. The number of hydrogen-bond acceptors (Lipinski definition) is 3. The third kappa shape index (κ3) is 3.80. The number of carbonyl (C=O) groups excluding carboxylic acids is 2. The number of imidazole rings is 1. The first-order valence-corrected chi connectivity index (χ1v) is 8.18. The lowest BCUT2D eigenvalue weighted by molar-refractivity contribution is -0.116. The Kier molecular flexibility index (Phi) is 4.90. The molecule has 1 aromatic heterocycles. The third-order valence-electron chi connectivity index (χ3n) is 3.44. The first kappa shape index (κ1) is 16.2. The molecule has 3 rings (SSSR count). The number of para-hydroxylation sites is 2. The molecule has 7 heteroatoms. The maximum absolute atomic E-state index is 12.0. The zero-order valence-corrected chi connectivity index (χ0v) is 14.3. The summed E-state index contributed by atoms with van der Waals surface area (Å²) < 4.78 is 2.49. The number of nitrogens with zero attached hydrogens (tertiary/aromatic N) is 2. The fourth-order valence-electron chi connectivity index (χ4n) is 2.23. The van der Waals surface area contributed by atoms with Gasteiger partial charge in [-0.05, 0) is 36.4 Å². The van der Waals surface area contributed by atoms with E-state index in [4.69, 9.17) is 0 Å². The maximum Gasteiger partial charge on any atom is 0.251 e. The van der Waals surface area contributed by atoms with Crippen molar-refractivity contribution in [3.05, 3.63) is 64.9 Å². The number of benzene rings is 2. The molecule has 0 fully saturated rings. The second-order valence-electron chi connectivity index (χ2n) is 5.15. The number of aromatic nitrogens is 2. The van der Waals surface area contributed by atoms with Gasteiger partial charge in [0.05, 0.1) is 11.0 Å². The molecular weight excluding hydrogens is 372 g/mol. The monoisotopic (exact) mass is 386 g/mol. The first-order valence-electron chi connectivity index (χ1n) is 7.39. The molecule has 0 saturated heterocycles. The standard InChI is InChI=1S/C17H15BrN4O2/c18-13-7-5-12(6-8-13)17(24)19-10-9-16(23)21-22-11-20-14-3-1-2-4-15(14)22/h1-8,11H,9-10H2,(H,19,24)(H,21,23). The molecule has 122 valence electrons. The van der Waals surface area contributed by atoms with Crippen molar-refractivity contribution < 1.29 is 9.59 Å². The van der Waals surface area contributed by atoms with E-state index < -0.39 is 0 Å². The topological polar surface area (TPSA) is 76.0 Å². The van der Waals surface area contributed by atoms with E-state index >= 15 is 0 Å². The van der Waals surface area contributed by atoms with Crippen LogP contribution < -0.4 is 10.7 Å². The zero-order valence-electron chi connectivity index (χ0n) is 12.7. The smallest absolute Gasteiger partial charge is 0.251 e. The molecule has 1 heterocycles. The van der Waals surface area contributed by atoms with E-state index in [9.17, 15) is 9.59 Å². The Bertz CT molecular complexity index is 874. The quantitative estimate of drug-likeness (QED) is 0.707. The van der Waals surface area contributed by atoms with Gasteiger partial charge >= 0.3 is 0 Å². The van der Waals surface area contributed by atoms with Crippen molar-refractivity contribution in [2.45, 2.75) is 6.42 Å². The van der Waals surface area contributed by atoms with Crippen molar-refractivity contribution in [1.29, 1.82) is 0 Å². The van der Waals surface area contributed by atoms with Crippen molar-refractivity contribution in [1.82, 2.24) is 15.0 Å². The van der Waals surface area contributed by atoms with Crippen LogP contribution in [0.5, 0.6) is 0 Å². The van der Waals surface area contributed by atoms with Crippen molar-refractivity contribution in [3.63, 3.8) is 0 Å². The highest BCUT2D eigenvalue weighted by atomic mass is 79.9. The number of halogens is 1.